The lowest BCUT2D eigenvalue weighted by Crippen LogP contribution is -2.48. The second kappa shape index (κ2) is 9.43. The first kappa shape index (κ1) is 25.7. The average molecular weight is 582 g/mol. The minimum Gasteiger partial charge on any atom is -0.493 e. The summed E-state index contributed by atoms with van der Waals surface area (Å²) in [6.07, 6.45) is 3.78. The highest BCUT2D eigenvalue weighted by Crippen LogP contribution is 2.61. The zero-order valence-electron chi connectivity index (χ0n) is 22.2. The zero-order chi connectivity index (χ0) is 28.5. The van der Waals surface area contributed by atoms with Crippen LogP contribution in [0.3, 0.4) is 0 Å². The summed E-state index contributed by atoms with van der Waals surface area (Å²) in [5.41, 5.74) is 1.37. The largest absolute Gasteiger partial charge is 0.493 e. The lowest BCUT2D eigenvalue weighted by molar-refractivity contribution is 0.0666. The molecule has 3 aliphatic rings. The van der Waals surface area contributed by atoms with Crippen LogP contribution < -0.4 is 14.4 Å². The molecular weight excluding hydrogens is 558 g/mol. The van der Waals surface area contributed by atoms with Crippen LogP contribution in [0.1, 0.15) is 47.4 Å². The van der Waals surface area contributed by atoms with Crippen molar-refractivity contribution in [2.75, 3.05) is 19.1 Å². The van der Waals surface area contributed by atoms with Gasteiger partial charge < -0.3 is 14.4 Å². The molecule has 8 heteroatoms. The molecule has 0 radical (unpaired) electrons. The fourth-order valence-electron chi connectivity index (χ4n) is 6.93. The predicted molar refractivity (Wildman–Crippen MR) is 159 cm³/mol. The van der Waals surface area contributed by atoms with Crippen LogP contribution in [0.2, 0.25) is 5.02 Å². The number of rotatable bonds is 5. The normalized spacial score (nSPS) is 21.5. The Morgan fingerprint density at radius 2 is 1.63 bits per heavy atom. The van der Waals surface area contributed by atoms with Gasteiger partial charge in [0, 0.05) is 27.8 Å². The maximum Gasteiger partial charge on any atom is 0.195 e. The number of anilines is 1. The SMILES string of the molecule is COc1ccc([C@H]2[C@@H](C(=O)c3cccs3)N3c4ccc(Cl)cc4C=C[C@@H]3C23C(=O)c2ccccc2C3=O)cc1OC. The van der Waals surface area contributed by atoms with Crippen LogP contribution in [-0.2, 0) is 0 Å². The Balaban J connectivity index is 1.56. The first-order valence-corrected chi connectivity index (χ1v) is 14.4. The smallest absolute Gasteiger partial charge is 0.195 e. The maximum absolute atomic E-state index is 14.7. The van der Waals surface area contributed by atoms with Gasteiger partial charge in [0.05, 0.1) is 25.1 Å². The molecule has 6 nitrogen and oxygen atoms in total. The van der Waals surface area contributed by atoms with E-state index in [0.717, 1.165) is 11.3 Å². The van der Waals surface area contributed by atoms with E-state index < -0.39 is 23.4 Å². The maximum atomic E-state index is 14.7. The molecule has 3 aromatic carbocycles. The van der Waals surface area contributed by atoms with E-state index in [4.69, 9.17) is 21.1 Å². The number of fused-ring (bicyclic) bond motifs is 5. The third-order valence-corrected chi connectivity index (χ3v) is 9.68. The van der Waals surface area contributed by atoms with Crippen LogP contribution in [0.25, 0.3) is 6.08 Å². The average Bonchev–Trinajstić information content (AvgIpc) is 3.70. The van der Waals surface area contributed by atoms with Crippen molar-refractivity contribution in [1.29, 1.82) is 0 Å². The number of nitrogens with zero attached hydrogens (tertiary/aromatic N) is 1. The van der Waals surface area contributed by atoms with E-state index in [1.165, 1.54) is 18.4 Å². The van der Waals surface area contributed by atoms with Crippen molar-refractivity contribution in [3.05, 3.63) is 116 Å². The van der Waals surface area contributed by atoms with Gasteiger partial charge in [0.15, 0.2) is 28.8 Å². The minimum absolute atomic E-state index is 0.158. The third kappa shape index (κ3) is 3.46. The van der Waals surface area contributed by atoms with Gasteiger partial charge in [-0.15, -0.1) is 11.3 Å². The van der Waals surface area contributed by atoms with E-state index in [9.17, 15) is 14.4 Å². The summed E-state index contributed by atoms with van der Waals surface area (Å²) in [4.78, 5) is 46.5. The highest BCUT2D eigenvalue weighted by Gasteiger charge is 2.71. The molecule has 1 aliphatic carbocycles. The summed E-state index contributed by atoms with van der Waals surface area (Å²) in [5.74, 6) is -0.595. The number of carbonyl (C=O) groups is 3. The van der Waals surface area contributed by atoms with Crippen LogP contribution >= 0.6 is 22.9 Å². The summed E-state index contributed by atoms with van der Waals surface area (Å²) >= 11 is 7.70. The summed E-state index contributed by atoms with van der Waals surface area (Å²) in [6.45, 7) is 0. The minimum atomic E-state index is -1.59. The molecule has 1 saturated heterocycles. The van der Waals surface area contributed by atoms with Gasteiger partial charge in [-0.05, 0) is 52.9 Å². The Labute approximate surface area is 245 Å². The van der Waals surface area contributed by atoms with Crippen LogP contribution in [-0.4, -0.2) is 43.7 Å². The molecule has 3 atom stereocenters. The van der Waals surface area contributed by atoms with E-state index in [1.54, 1.807) is 55.6 Å². The van der Waals surface area contributed by atoms with Crippen LogP contribution in [0.15, 0.2) is 84.3 Å². The van der Waals surface area contributed by atoms with Gasteiger partial charge >= 0.3 is 0 Å². The Bertz CT molecular complexity index is 1740. The highest BCUT2D eigenvalue weighted by molar-refractivity contribution is 7.12. The standard InChI is InChI=1S/C33H24ClNO5S/c1-39-24-13-9-19(17-25(24)40-2)28-29(30(36)26-8-5-15-41-26)35-23-12-11-20(34)16-18(23)10-14-27(35)33(28)31(37)21-6-3-4-7-22(21)32(33)38/h3-17,27-29H,1-2H3/t27-,28+,29+/m1/s1. The molecule has 4 aromatic rings. The van der Waals surface area contributed by atoms with Crippen molar-refractivity contribution in [2.45, 2.75) is 18.0 Å². The molecule has 3 heterocycles. The van der Waals surface area contributed by atoms with Gasteiger partial charge in [-0.25, -0.2) is 0 Å². The summed E-state index contributed by atoms with van der Waals surface area (Å²) in [7, 11) is 3.08. The molecule has 204 valence electrons. The highest BCUT2D eigenvalue weighted by atomic mass is 35.5. The number of ketones is 3. The first-order valence-electron chi connectivity index (χ1n) is 13.2. The van der Waals surface area contributed by atoms with E-state index in [1.807, 2.05) is 46.7 Å². The number of thiophene rings is 1. The molecule has 2 aliphatic heterocycles. The molecule has 0 unspecified atom stereocenters. The summed E-state index contributed by atoms with van der Waals surface area (Å²) in [6, 6.07) is 19.8. The van der Waals surface area contributed by atoms with Crippen molar-refractivity contribution in [2.24, 2.45) is 5.41 Å². The Kier molecular flexibility index (Phi) is 5.92. The van der Waals surface area contributed by atoms with Crippen molar-refractivity contribution in [3.63, 3.8) is 0 Å². The van der Waals surface area contributed by atoms with E-state index in [2.05, 4.69) is 0 Å². The second-order valence-electron chi connectivity index (χ2n) is 10.4. The number of carbonyl (C=O) groups excluding carboxylic acids is 3. The molecule has 0 N–H and O–H groups in total. The number of hydrogen-bond acceptors (Lipinski definition) is 7. The van der Waals surface area contributed by atoms with Gasteiger partial charge in [0.2, 0.25) is 0 Å². The van der Waals surface area contributed by atoms with Crippen molar-refractivity contribution in [1.82, 2.24) is 0 Å². The third-order valence-electron chi connectivity index (χ3n) is 8.57. The predicted octanol–water partition coefficient (Wildman–Crippen LogP) is 6.74. The molecule has 0 saturated carbocycles. The van der Waals surface area contributed by atoms with Crippen LogP contribution in [0.4, 0.5) is 5.69 Å². The van der Waals surface area contributed by atoms with Gasteiger partial charge in [-0.1, -0.05) is 60.2 Å². The number of halogens is 1. The monoisotopic (exact) mass is 581 g/mol. The van der Waals surface area contributed by atoms with Crippen LogP contribution in [0, 0.1) is 5.41 Å². The molecule has 7 rings (SSSR count). The molecule has 1 aromatic heterocycles. The number of benzene rings is 3. The van der Waals surface area contributed by atoms with E-state index in [0.29, 0.717) is 38.1 Å². The number of methoxy groups -OCH3 is 2. The second-order valence-corrected chi connectivity index (χ2v) is 11.7. The van der Waals surface area contributed by atoms with Crippen molar-refractivity contribution < 1.29 is 23.9 Å². The molecular formula is C33H24ClNO5S. The number of ether oxygens (including phenoxy) is 2. The summed E-state index contributed by atoms with van der Waals surface area (Å²) in [5, 5.41) is 2.41. The molecule has 0 bridgehead atoms. The van der Waals surface area contributed by atoms with Gasteiger partial charge in [0.25, 0.3) is 0 Å². The van der Waals surface area contributed by atoms with Crippen molar-refractivity contribution >= 4 is 52.1 Å². The summed E-state index contributed by atoms with van der Waals surface area (Å²) < 4.78 is 11.1. The van der Waals surface area contributed by atoms with E-state index >= 15 is 0 Å². The zero-order valence-corrected chi connectivity index (χ0v) is 23.7. The molecule has 41 heavy (non-hydrogen) atoms. The topological polar surface area (TPSA) is 72.9 Å². The fourth-order valence-corrected chi connectivity index (χ4v) is 7.81. The van der Waals surface area contributed by atoms with Gasteiger partial charge in [-0.3, -0.25) is 14.4 Å². The molecule has 1 fully saturated rings. The lowest BCUT2D eigenvalue weighted by Gasteiger charge is -2.37. The quantitative estimate of drug-likeness (QED) is 0.192. The van der Waals surface area contributed by atoms with Crippen LogP contribution in [0.5, 0.6) is 11.5 Å². The number of Topliss-reactive ketones (excluding diaryl/α,β-unsaturated/α-hetero) is 3. The van der Waals surface area contributed by atoms with Gasteiger partial charge in [0.1, 0.15) is 11.5 Å². The Morgan fingerprint density at radius 3 is 2.29 bits per heavy atom. The van der Waals surface area contributed by atoms with E-state index in [-0.39, 0.29) is 17.3 Å². The Morgan fingerprint density at radius 1 is 0.902 bits per heavy atom. The van der Waals surface area contributed by atoms with Crippen molar-refractivity contribution in [3.8, 4) is 11.5 Å². The fraction of sp³-hybridized carbons (Fsp3) is 0.182. The van der Waals surface area contributed by atoms with Gasteiger partial charge in [-0.2, -0.15) is 0 Å². The number of hydrogen-bond donors (Lipinski definition) is 0. The molecule has 1 spiro atoms. The molecule has 0 amide bonds. The first-order chi connectivity index (χ1) is 19.9. The lowest BCUT2D eigenvalue weighted by atomic mass is 9.64. The Hall–Kier alpha value is -4.20.